The Kier molecular flexibility index (Phi) is 7.20. The molecular weight excluding hydrogens is 450 g/mol. The molecule has 0 aromatic heterocycles. The number of nitrogens with zero attached hydrogens (tertiary/aromatic N) is 2. The van der Waals surface area contributed by atoms with Gasteiger partial charge in [-0.1, -0.05) is 29.5 Å². The predicted octanol–water partition coefficient (Wildman–Crippen LogP) is 5.48. The smallest absolute Gasteiger partial charge is 0.141 e. The second-order valence-electron chi connectivity index (χ2n) is 9.82. The van der Waals surface area contributed by atoms with Crippen LogP contribution >= 0.6 is 0 Å². The number of benzene rings is 3. The number of ether oxygens (including phenoxy) is 1. The van der Waals surface area contributed by atoms with Gasteiger partial charge in [-0.3, -0.25) is 0 Å². The molecule has 0 bridgehead atoms. The van der Waals surface area contributed by atoms with Gasteiger partial charge in [0, 0.05) is 12.2 Å². The SMILES string of the molecule is Cc1cc(OCCO)cc(C)c1-c1cccc(CNc2ccc3c(c2)CCC3CC2N=NNN2)c1C. The van der Waals surface area contributed by atoms with E-state index in [1.54, 1.807) is 0 Å². The zero-order chi connectivity index (χ0) is 25.1. The molecule has 0 saturated carbocycles. The number of aliphatic hydroxyl groups is 1. The molecule has 188 valence electrons. The molecule has 4 N–H and O–H groups in total. The van der Waals surface area contributed by atoms with Crippen molar-refractivity contribution in [2.24, 2.45) is 10.3 Å². The fourth-order valence-corrected chi connectivity index (χ4v) is 5.61. The van der Waals surface area contributed by atoms with E-state index < -0.39 is 0 Å². The van der Waals surface area contributed by atoms with Crippen LogP contribution in [0.1, 0.15) is 52.1 Å². The van der Waals surface area contributed by atoms with E-state index in [0.717, 1.165) is 37.2 Å². The van der Waals surface area contributed by atoms with E-state index in [-0.39, 0.29) is 12.8 Å². The topological polar surface area (TPSA) is 90.3 Å². The third-order valence-electron chi connectivity index (χ3n) is 7.40. The van der Waals surface area contributed by atoms with E-state index in [9.17, 15) is 0 Å². The standard InChI is InChI=1S/C29H35N5O2/c1-18-13-25(36-12-11-35)14-19(2)29(18)26-6-4-5-23(20(26)3)17-30-24-9-10-27-21(15-24)7-8-22(27)16-28-31-33-34-32-28/h4-6,9-10,13-15,22,28,30,35H,7-8,11-12,16-17H2,1-3H3,(H,31,34)(H,32,33). The van der Waals surface area contributed by atoms with Gasteiger partial charge in [0.05, 0.1) is 6.61 Å². The summed E-state index contributed by atoms with van der Waals surface area (Å²) >= 11 is 0. The largest absolute Gasteiger partial charge is 0.491 e. The second-order valence-corrected chi connectivity index (χ2v) is 9.82. The molecule has 1 aliphatic carbocycles. The fourth-order valence-electron chi connectivity index (χ4n) is 5.61. The molecule has 3 aromatic carbocycles. The van der Waals surface area contributed by atoms with Crippen molar-refractivity contribution >= 4 is 5.69 Å². The van der Waals surface area contributed by atoms with Gasteiger partial charge < -0.3 is 15.2 Å². The Morgan fingerprint density at radius 1 is 1.08 bits per heavy atom. The summed E-state index contributed by atoms with van der Waals surface area (Å²) in [7, 11) is 0. The van der Waals surface area contributed by atoms with Crippen molar-refractivity contribution in [3.63, 3.8) is 0 Å². The number of rotatable bonds is 9. The zero-order valence-electron chi connectivity index (χ0n) is 21.3. The van der Waals surface area contributed by atoms with E-state index >= 15 is 0 Å². The normalized spacial score (nSPS) is 18.2. The molecule has 1 aliphatic heterocycles. The number of aliphatic hydroxyl groups excluding tert-OH is 1. The highest BCUT2D eigenvalue weighted by Crippen LogP contribution is 2.38. The summed E-state index contributed by atoms with van der Waals surface area (Å²) in [4.78, 5) is 0. The summed E-state index contributed by atoms with van der Waals surface area (Å²) in [6.45, 7) is 7.55. The van der Waals surface area contributed by atoms with Crippen LogP contribution in [0.4, 0.5) is 5.69 Å². The molecule has 36 heavy (non-hydrogen) atoms. The highest BCUT2D eigenvalue weighted by molar-refractivity contribution is 5.75. The van der Waals surface area contributed by atoms with E-state index in [2.05, 4.69) is 95.9 Å². The minimum absolute atomic E-state index is 0.0151. The van der Waals surface area contributed by atoms with Gasteiger partial charge in [-0.25, -0.2) is 5.53 Å². The average molecular weight is 486 g/mol. The Morgan fingerprint density at radius 3 is 2.67 bits per heavy atom. The molecule has 1 heterocycles. The lowest BCUT2D eigenvalue weighted by Crippen LogP contribution is -2.31. The van der Waals surface area contributed by atoms with E-state index in [4.69, 9.17) is 9.84 Å². The van der Waals surface area contributed by atoms with E-state index in [1.807, 2.05) is 0 Å². The van der Waals surface area contributed by atoms with Gasteiger partial charge in [-0.15, -0.1) is 5.11 Å². The van der Waals surface area contributed by atoms with Crippen molar-refractivity contribution in [2.45, 2.75) is 58.7 Å². The van der Waals surface area contributed by atoms with E-state index in [0.29, 0.717) is 12.5 Å². The molecule has 0 fully saturated rings. The minimum atomic E-state index is 0.0151. The van der Waals surface area contributed by atoms with Crippen LogP contribution in [0.2, 0.25) is 0 Å². The Morgan fingerprint density at radius 2 is 1.92 bits per heavy atom. The third kappa shape index (κ3) is 5.08. The predicted molar refractivity (Wildman–Crippen MR) is 143 cm³/mol. The van der Waals surface area contributed by atoms with Gasteiger partial charge in [0.2, 0.25) is 0 Å². The van der Waals surface area contributed by atoms with Crippen molar-refractivity contribution in [3.8, 4) is 16.9 Å². The maximum atomic E-state index is 9.07. The van der Waals surface area contributed by atoms with Crippen molar-refractivity contribution in [2.75, 3.05) is 18.5 Å². The van der Waals surface area contributed by atoms with Gasteiger partial charge in [0.15, 0.2) is 0 Å². The number of nitrogens with one attached hydrogen (secondary N) is 3. The molecule has 0 radical (unpaired) electrons. The molecule has 2 atom stereocenters. The first-order valence-corrected chi connectivity index (χ1v) is 12.7. The minimum Gasteiger partial charge on any atom is -0.491 e. The highest BCUT2D eigenvalue weighted by Gasteiger charge is 2.26. The van der Waals surface area contributed by atoms with Crippen LogP contribution in [0.3, 0.4) is 0 Å². The van der Waals surface area contributed by atoms with Crippen molar-refractivity contribution in [1.29, 1.82) is 0 Å². The quantitative estimate of drug-likeness (QED) is 0.322. The summed E-state index contributed by atoms with van der Waals surface area (Å²) in [6.07, 6.45) is 3.30. The second kappa shape index (κ2) is 10.7. The molecule has 2 unspecified atom stereocenters. The Labute approximate surface area is 212 Å². The maximum absolute atomic E-state index is 9.07. The molecule has 0 amide bonds. The third-order valence-corrected chi connectivity index (χ3v) is 7.40. The average Bonchev–Trinajstić information content (AvgIpc) is 3.53. The lowest BCUT2D eigenvalue weighted by atomic mass is 9.90. The lowest BCUT2D eigenvalue weighted by Gasteiger charge is -2.18. The number of hydrogen-bond donors (Lipinski definition) is 4. The van der Waals surface area contributed by atoms with Crippen LogP contribution in [0.5, 0.6) is 5.75 Å². The Balaban J connectivity index is 1.30. The van der Waals surface area contributed by atoms with Crippen LogP contribution in [0.25, 0.3) is 11.1 Å². The zero-order valence-corrected chi connectivity index (χ0v) is 21.3. The summed E-state index contributed by atoms with van der Waals surface area (Å²) in [5, 5.41) is 20.7. The molecular formula is C29H35N5O2. The molecule has 5 rings (SSSR count). The van der Waals surface area contributed by atoms with Crippen LogP contribution in [0, 0.1) is 20.8 Å². The van der Waals surface area contributed by atoms with Crippen LogP contribution < -0.4 is 21.0 Å². The molecule has 3 aromatic rings. The van der Waals surface area contributed by atoms with Crippen LogP contribution in [-0.2, 0) is 13.0 Å². The maximum Gasteiger partial charge on any atom is 0.141 e. The number of hydrazine groups is 1. The van der Waals surface area contributed by atoms with Gasteiger partial charge in [-0.05, 0) is 115 Å². The summed E-state index contributed by atoms with van der Waals surface area (Å²) in [5.74, 6) is 1.33. The number of anilines is 1. The van der Waals surface area contributed by atoms with Crippen molar-refractivity contribution in [3.05, 3.63) is 81.9 Å². The number of fused-ring (bicyclic) bond motifs is 1. The van der Waals surface area contributed by atoms with Crippen LogP contribution in [0.15, 0.2) is 58.9 Å². The lowest BCUT2D eigenvalue weighted by molar-refractivity contribution is 0.201. The molecule has 0 spiro atoms. The first-order chi connectivity index (χ1) is 17.5. The monoisotopic (exact) mass is 485 g/mol. The van der Waals surface area contributed by atoms with Gasteiger partial charge >= 0.3 is 0 Å². The van der Waals surface area contributed by atoms with Gasteiger partial charge in [0.25, 0.3) is 0 Å². The molecule has 7 heteroatoms. The summed E-state index contributed by atoms with van der Waals surface area (Å²) in [5.41, 5.74) is 17.3. The summed E-state index contributed by atoms with van der Waals surface area (Å²) < 4.78 is 5.65. The number of aryl methyl sites for hydroxylation is 3. The molecule has 0 saturated heterocycles. The van der Waals surface area contributed by atoms with E-state index in [1.165, 1.54) is 44.5 Å². The van der Waals surface area contributed by atoms with Crippen molar-refractivity contribution < 1.29 is 9.84 Å². The van der Waals surface area contributed by atoms with Gasteiger partial charge in [0.1, 0.15) is 18.5 Å². The first-order valence-electron chi connectivity index (χ1n) is 12.7. The van der Waals surface area contributed by atoms with Gasteiger partial charge in [-0.2, -0.15) is 5.43 Å². The fraction of sp³-hybridized carbons (Fsp3) is 0.379. The van der Waals surface area contributed by atoms with Crippen molar-refractivity contribution in [1.82, 2.24) is 11.0 Å². The Bertz CT molecular complexity index is 1250. The highest BCUT2D eigenvalue weighted by atomic mass is 16.5. The molecule has 7 nitrogen and oxygen atoms in total. The number of hydrogen-bond acceptors (Lipinski definition) is 7. The molecule has 2 aliphatic rings. The Hall–Kier alpha value is -3.42. The van der Waals surface area contributed by atoms with Crippen LogP contribution in [-0.4, -0.2) is 24.5 Å². The first kappa shape index (κ1) is 24.3. The summed E-state index contributed by atoms with van der Waals surface area (Å²) in [6, 6.07) is 17.5.